The van der Waals surface area contributed by atoms with Crippen molar-refractivity contribution in [2.75, 3.05) is 0 Å². The second kappa shape index (κ2) is 10.8. The highest BCUT2D eigenvalue weighted by atomic mass is 15.0. The van der Waals surface area contributed by atoms with Crippen molar-refractivity contribution in [2.45, 2.75) is 0 Å². The van der Waals surface area contributed by atoms with Gasteiger partial charge in [0.1, 0.15) is 5.65 Å². The fourth-order valence-corrected chi connectivity index (χ4v) is 6.76. The third-order valence-electron chi connectivity index (χ3n) is 8.96. The maximum absolute atomic E-state index is 5.08. The van der Waals surface area contributed by atoms with E-state index in [0.29, 0.717) is 0 Å². The lowest BCUT2D eigenvalue weighted by atomic mass is 10.0. The lowest BCUT2D eigenvalue weighted by molar-refractivity contribution is 1.18. The molecule has 9 aromatic rings. The maximum Gasteiger partial charge on any atom is 0.137 e. The van der Waals surface area contributed by atoms with Gasteiger partial charge in [-0.2, -0.15) is 0 Å². The molecule has 0 fully saturated rings. The van der Waals surface area contributed by atoms with Gasteiger partial charge in [0.2, 0.25) is 0 Å². The molecule has 0 radical (unpaired) electrons. The summed E-state index contributed by atoms with van der Waals surface area (Å²) >= 11 is 0. The first-order chi connectivity index (χ1) is 22.8. The minimum Gasteiger partial charge on any atom is -0.309 e. The van der Waals surface area contributed by atoms with Gasteiger partial charge < -0.3 is 4.57 Å². The Hall–Kier alpha value is -6.19. The van der Waals surface area contributed by atoms with Crippen molar-refractivity contribution in [2.24, 2.45) is 0 Å². The number of hydrogen-bond acceptors (Lipinski definition) is 1. The van der Waals surface area contributed by atoms with Crippen LogP contribution < -0.4 is 0 Å². The average molecular weight is 588 g/mol. The van der Waals surface area contributed by atoms with Gasteiger partial charge in [0.15, 0.2) is 0 Å². The van der Waals surface area contributed by atoms with Crippen LogP contribution in [0.5, 0.6) is 0 Å². The number of aromatic nitrogens is 3. The number of nitrogens with zero attached hydrogens (tertiary/aromatic N) is 3. The first-order valence-corrected chi connectivity index (χ1v) is 15.6. The molecule has 0 atom stereocenters. The number of rotatable bonds is 5. The van der Waals surface area contributed by atoms with Crippen LogP contribution in [-0.2, 0) is 0 Å². The zero-order valence-corrected chi connectivity index (χ0v) is 25.1. The number of hydrogen-bond donors (Lipinski definition) is 0. The van der Waals surface area contributed by atoms with E-state index >= 15 is 0 Å². The molecule has 6 aromatic carbocycles. The Morgan fingerprint density at radius 3 is 1.46 bits per heavy atom. The summed E-state index contributed by atoms with van der Waals surface area (Å²) in [7, 11) is 0. The lowest BCUT2D eigenvalue weighted by Gasteiger charge is -2.10. The SMILES string of the molecule is c1ccc(-c2ccc3c(c2)c2cc(-c4ccccc4)ccc2n3-c2ccc(-c3nc4ccccn4c3-c3ccccc3)cc2)cc1. The van der Waals surface area contributed by atoms with Crippen LogP contribution in [0.3, 0.4) is 0 Å². The van der Waals surface area contributed by atoms with E-state index in [1.54, 1.807) is 0 Å². The summed E-state index contributed by atoms with van der Waals surface area (Å²) in [4.78, 5) is 5.08. The third-order valence-corrected chi connectivity index (χ3v) is 8.96. The normalized spacial score (nSPS) is 11.5. The Morgan fingerprint density at radius 2 is 0.891 bits per heavy atom. The van der Waals surface area contributed by atoms with E-state index in [9.17, 15) is 0 Å². The molecule has 46 heavy (non-hydrogen) atoms. The van der Waals surface area contributed by atoms with Crippen molar-refractivity contribution in [3.05, 3.63) is 176 Å². The van der Waals surface area contributed by atoms with Gasteiger partial charge in [0, 0.05) is 33.8 Å². The highest BCUT2D eigenvalue weighted by Gasteiger charge is 2.18. The minimum absolute atomic E-state index is 0.936. The van der Waals surface area contributed by atoms with Crippen LogP contribution in [0.4, 0.5) is 0 Å². The molecule has 0 aliphatic heterocycles. The summed E-state index contributed by atoms with van der Waals surface area (Å²) in [6, 6.07) is 60.5. The molecule has 3 heterocycles. The van der Waals surface area contributed by atoms with Gasteiger partial charge in [-0.25, -0.2) is 4.98 Å². The number of imidazole rings is 1. The monoisotopic (exact) mass is 587 g/mol. The molecule has 0 saturated carbocycles. The van der Waals surface area contributed by atoms with Gasteiger partial charge >= 0.3 is 0 Å². The second-order valence-electron chi connectivity index (χ2n) is 11.7. The van der Waals surface area contributed by atoms with Crippen molar-refractivity contribution in [1.29, 1.82) is 0 Å². The van der Waals surface area contributed by atoms with E-state index < -0.39 is 0 Å². The van der Waals surface area contributed by atoms with Crippen LogP contribution >= 0.6 is 0 Å². The first kappa shape index (κ1) is 26.2. The van der Waals surface area contributed by atoms with Gasteiger partial charge in [-0.3, -0.25) is 4.40 Å². The molecule has 9 rings (SSSR count). The quantitative estimate of drug-likeness (QED) is 0.196. The minimum atomic E-state index is 0.936. The van der Waals surface area contributed by atoms with E-state index in [4.69, 9.17) is 4.98 Å². The Kier molecular flexibility index (Phi) is 6.14. The van der Waals surface area contributed by atoms with Gasteiger partial charge in [0.05, 0.1) is 22.4 Å². The van der Waals surface area contributed by atoms with E-state index in [0.717, 1.165) is 33.8 Å². The molecule has 0 aliphatic rings. The van der Waals surface area contributed by atoms with Gasteiger partial charge in [0.25, 0.3) is 0 Å². The zero-order chi connectivity index (χ0) is 30.5. The Balaban J connectivity index is 1.22. The molecule has 3 nitrogen and oxygen atoms in total. The molecule has 0 spiro atoms. The summed E-state index contributed by atoms with van der Waals surface area (Å²) in [5.41, 5.74) is 13.6. The molecular weight excluding hydrogens is 558 g/mol. The molecular formula is C43H29N3. The van der Waals surface area contributed by atoms with E-state index in [1.165, 1.54) is 44.1 Å². The fraction of sp³-hybridized carbons (Fsp3) is 0. The smallest absolute Gasteiger partial charge is 0.137 e. The van der Waals surface area contributed by atoms with Crippen molar-refractivity contribution in [3.63, 3.8) is 0 Å². The predicted octanol–water partition coefficient (Wildman–Crippen LogP) is 11.1. The van der Waals surface area contributed by atoms with Crippen molar-refractivity contribution >= 4 is 27.5 Å². The molecule has 3 heteroatoms. The standard InChI is InChI=1S/C43H29N3/c1-4-12-30(13-5-1)34-21-25-39-37(28-34)38-29-35(31-14-6-2-7-15-31)22-26-40(38)46(39)36-23-19-32(20-24-36)42-43(33-16-8-3-9-17-33)45-27-11-10-18-41(45)44-42/h1-29H. The van der Waals surface area contributed by atoms with E-state index in [2.05, 4.69) is 179 Å². The highest BCUT2D eigenvalue weighted by molar-refractivity contribution is 6.11. The average Bonchev–Trinajstić information content (AvgIpc) is 3.68. The maximum atomic E-state index is 5.08. The summed E-state index contributed by atoms with van der Waals surface area (Å²) in [5.74, 6) is 0. The van der Waals surface area contributed by atoms with E-state index in [1.807, 2.05) is 6.07 Å². The van der Waals surface area contributed by atoms with Crippen molar-refractivity contribution < 1.29 is 0 Å². The molecule has 0 bridgehead atoms. The summed E-state index contributed by atoms with van der Waals surface area (Å²) in [6.45, 7) is 0. The topological polar surface area (TPSA) is 22.2 Å². The van der Waals surface area contributed by atoms with E-state index in [-0.39, 0.29) is 0 Å². The van der Waals surface area contributed by atoms with Crippen LogP contribution in [0.2, 0.25) is 0 Å². The molecule has 0 saturated heterocycles. The fourth-order valence-electron chi connectivity index (χ4n) is 6.76. The molecule has 0 aliphatic carbocycles. The lowest BCUT2D eigenvalue weighted by Crippen LogP contribution is -1.94. The second-order valence-corrected chi connectivity index (χ2v) is 11.7. The number of fused-ring (bicyclic) bond motifs is 4. The van der Waals surface area contributed by atoms with Crippen LogP contribution in [-0.4, -0.2) is 14.0 Å². The van der Waals surface area contributed by atoms with Crippen LogP contribution in [0.15, 0.2) is 176 Å². The summed E-state index contributed by atoms with van der Waals surface area (Å²) in [5, 5.41) is 2.48. The van der Waals surface area contributed by atoms with Gasteiger partial charge in [-0.15, -0.1) is 0 Å². The number of pyridine rings is 1. The molecule has 3 aromatic heterocycles. The Morgan fingerprint density at radius 1 is 0.391 bits per heavy atom. The van der Waals surface area contributed by atoms with Crippen LogP contribution in [0.1, 0.15) is 0 Å². The van der Waals surface area contributed by atoms with Crippen molar-refractivity contribution in [1.82, 2.24) is 14.0 Å². The third kappa shape index (κ3) is 4.33. The largest absolute Gasteiger partial charge is 0.309 e. The van der Waals surface area contributed by atoms with Crippen LogP contribution in [0, 0.1) is 0 Å². The van der Waals surface area contributed by atoms with Gasteiger partial charge in [-0.05, 0) is 70.8 Å². The molecule has 216 valence electrons. The zero-order valence-electron chi connectivity index (χ0n) is 25.1. The summed E-state index contributed by atoms with van der Waals surface area (Å²) < 4.78 is 4.57. The summed E-state index contributed by atoms with van der Waals surface area (Å²) in [6.07, 6.45) is 2.09. The van der Waals surface area contributed by atoms with Crippen LogP contribution in [0.25, 0.3) is 77.9 Å². The van der Waals surface area contributed by atoms with Gasteiger partial charge in [-0.1, -0.05) is 121 Å². The Labute approximate surface area is 267 Å². The molecule has 0 unspecified atom stereocenters. The molecule has 0 N–H and O–H groups in total. The first-order valence-electron chi connectivity index (χ1n) is 15.6. The molecule has 0 amide bonds. The predicted molar refractivity (Wildman–Crippen MR) is 191 cm³/mol. The highest BCUT2D eigenvalue weighted by Crippen LogP contribution is 2.38. The number of benzene rings is 6. The van der Waals surface area contributed by atoms with Crippen molar-refractivity contribution in [3.8, 4) is 50.5 Å². The Bertz CT molecular complexity index is 2390.